The molecule has 19 heavy (non-hydrogen) atoms. The number of benzene rings is 1. The summed E-state index contributed by atoms with van der Waals surface area (Å²) in [6.45, 7) is 5.62. The highest BCUT2D eigenvalue weighted by atomic mass is 31.2. The summed E-state index contributed by atoms with van der Waals surface area (Å²) in [5.41, 5.74) is 0. The van der Waals surface area contributed by atoms with E-state index in [4.69, 9.17) is 18.1 Å². The molecule has 0 amide bonds. The Morgan fingerprint density at radius 3 is 2.05 bits per heavy atom. The van der Waals surface area contributed by atoms with E-state index in [9.17, 15) is 4.57 Å². The molecule has 0 N–H and O–H groups in total. The highest BCUT2D eigenvalue weighted by molar-refractivity contribution is 7.66. The molecule has 8 heteroatoms. The highest BCUT2D eigenvalue weighted by Gasteiger charge is 2.35. The highest BCUT2D eigenvalue weighted by Crippen LogP contribution is 2.66. The van der Waals surface area contributed by atoms with Crippen LogP contribution in [0.2, 0.25) is 0 Å². The van der Waals surface area contributed by atoms with Gasteiger partial charge in [0, 0.05) is 6.66 Å². The van der Waals surface area contributed by atoms with Crippen molar-refractivity contribution >= 4 is 15.3 Å². The number of fused-ring (bicyclic) bond motifs is 1. The van der Waals surface area contributed by atoms with E-state index >= 15 is 0 Å². The molecule has 0 radical (unpaired) electrons. The molecule has 1 aromatic carbocycles. The maximum absolute atomic E-state index is 12.4. The minimum atomic E-state index is -3.54. The Balaban J connectivity index is 2.31. The van der Waals surface area contributed by atoms with Crippen molar-refractivity contribution in [2.24, 2.45) is 4.52 Å². The number of nitrogens with zero attached hydrogens (tertiary/aromatic N) is 1. The van der Waals surface area contributed by atoms with Crippen molar-refractivity contribution in [3.63, 3.8) is 0 Å². The molecule has 0 unspecified atom stereocenters. The maximum atomic E-state index is 12.4. The number of hydrogen-bond donors (Lipinski definition) is 0. The Morgan fingerprint density at radius 2 is 1.63 bits per heavy atom. The van der Waals surface area contributed by atoms with Crippen molar-refractivity contribution < 1.29 is 22.7 Å². The van der Waals surface area contributed by atoms with Crippen LogP contribution < -0.4 is 9.05 Å². The maximum Gasteiger partial charge on any atom is 0.458 e. The van der Waals surface area contributed by atoms with Gasteiger partial charge in [0.15, 0.2) is 11.5 Å². The van der Waals surface area contributed by atoms with Gasteiger partial charge in [-0.25, -0.2) is 4.57 Å². The summed E-state index contributed by atoms with van der Waals surface area (Å²) >= 11 is 0. The van der Waals surface area contributed by atoms with Gasteiger partial charge in [0.2, 0.25) is 0 Å². The van der Waals surface area contributed by atoms with Gasteiger partial charge >= 0.3 is 15.3 Å². The fraction of sp³-hybridized carbons (Fsp3) is 0.455. The first-order valence-electron chi connectivity index (χ1n) is 5.99. The molecule has 0 saturated carbocycles. The van der Waals surface area contributed by atoms with Crippen LogP contribution in [-0.2, 0) is 13.6 Å². The second-order valence-corrected chi connectivity index (χ2v) is 7.97. The topological polar surface area (TPSA) is 66.4 Å². The summed E-state index contributed by atoms with van der Waals surface area (Å²) in [6.07, 6.45) is 0. The van der Waals surface area contributed by atoms with E-state index in [1.165, 1.54) is 0 Å². The molecule has 1 aliphatic rings. The second kappa shape index (κ2) is 5.68. The average Bonchev–Trinajstić information content (AvgIpc) is 2.64. The van der Waals surface area contributed by atoms with Crippen molar-refractivity contribution in [1.29, 1.82) is 0 Å². The Labute approximate surface area is 112 Å². The molecule has 0 aliphatic carbocycles. The van der Waals surface area contributed by atoms with Gasteiger partial charge in [-0.15, -0.1) is 4.52 Å². The molecule has 6 nitrogen and oxygen atoms in total. The van der Waals surface area contributed by atoms with Crippen molar-refractivity contribution in [1.82, 2.24) is 0 Å². The largest absolute Gasteiger partial charge is 0.458 e. The van der Waals surface area contributed by atoms with E-state index in [2.05, 4.69) is 4.52 Å². The van der Waals surface area contributed by atoms with Crippen LogP contribution in [0.15, 0.2) is 28.8 Å². The first-order valence-corrected chi connectivity index (χ1v) is 9.51. The van der Waals surface area contributed by atoms with Gasteiger partial charge in [-0.05, 0) is 26.0 Å². The third-order valence-corrected chi connectivity index (χ3v) is 6.66. The summed E-state index contributed by atoms with van der Waals surface area (Å²) < 4.78 is 38.1. The van der Waals surface area contributed by atoms with Crippen LogP contribution in [0.4, 0.5) is 0 Å². The van der Waals surface area contributed by atoms with Crippen molar-refractivity contribution in [3.8, 4) is 11.5 Å². The quantitative estimate of drug-likeness (QED) is 0.759. The molecule has 0 spiro atoms. The van der Waals surface area contributed by atoms with E-state index in [0.717, 1.165) is 0 Å². The van der Waals surface area contributed by atoms with Gasteiger partial charge < -0.3 is 9.05 Å². The van der Waals surface area contributed by atoms with E-state index in [1.807, 2.05) is 12.1 Å². The summed E-state index contributed by atoms with van der Waals surface area (Å²) in [6, 6.07) is 7.23. The van der Waals surface area contributed by atoms with Gasteiger partial charge in [-0.2, -0.15) is 0 Å². The molecule has 1 aliphatic heterocycles. The summed E-state index contributed by atoms with van der Waals surface area (Å²) in [5.74, 6) is 1.20. The number of hydrogen-bond acceptors (Lipinski definition) is 5. The third kappa shape index (κ3) is 3.40. The van der Waals surface area contributed by atoms with Crippen LogP contribution in [-0.4, -0.2) is 19.9 Å². The monoisotopic (exact) mass is 305 g/mol. The molecule has 1 aromatic rings. The SMILES string of the molecule is CCOP(=O)(N=P1(C)Oc2ccccc2O1)OCC. The van der Waals surface area contributed by atoms with Crippen molar-refractivity contribution in [3.05, 3.63) is 24.3 Å². The van der Waals surface area contributed by atoms with Crippen LogP contribution in [0.1, 0.15) is 13.8 Å². The molecule has 2 rings (SSSR count). The number of rotatable bonds is 5. The number of para-hydroxylation sites is 2. The third-order valence-electron chi connectivity index (χ3n) is 2.24. The predicted molar refractivity (Wildman–Crippen MR) is 73.8 cm³/mol. The fourth-order valence-electron chi connectivity index (χ4n) is 1.64. The van der Waals surface area contributed by atoms with E-state index in [1.54, 1.807) is 32.6 Å². The molecule has 0 saturated heterocycles. The zero-order valence-corrected chi connectivity index (χ0v) is 12.9. The van der Waals surface area contributed by atoms with E-state index in [-0.39, 0.29) is 13.2 Å². The van der Waals surface area contributed by atoms with Crippen LogP contribution in [0, 0.1) is 0 Å². The summed E-state index contributed by atoms with van der Waals surface area (Å²) in [7, 11) is -6.21. The smallest absolute Gasteiger partial charge is 0.426 e. The van der Waals surface area contributed by atoms with Gasteiger partial charge in [-0.1, -0.05) is 12.1 Å². The van der Waals surface area contributed by atoms with Gasteiger partial charge in [0.1, 0.15) is 0 Å². The average molecular weight is 305 g/mol. The molecular formula is C11H17NO5P2. The second-order valence-electron chi connectivity index (χ2n) is 3.83. The molecule has 1 heterocycles. The Bertz CT molecular complexity index is 521. The standard InChI is InChI=1S/C11H17NO5P2/c1-4-14-19(13,15-5-2)12-18(3)16-10-8-6-7-9-11(10)17-18/h6-9H,4-5H2,1-3H3. The first-order chi connectivity index (χ1) is 9.00. The lowest BCUT2D eigenvalue weighted by atomic mass is 10.3. The minimum absolute atomic E-state index is 0.244. The van der Waals surface area contributed by atoms with E-state index < -0.39 is 15.3 Å². The molecule has 0 aromatic heterocycles. The molecular weight excluding hydrogens is 288 g/mol. The van der Waals surface area contributed by atoms with E-state index in [0.29, 0.717) is 11.5 Å². The Hall–Kier alpha value is -0.800. The van der Waals surface area contributed by atoms with Crippen LogP contribution in [0.5, 0.6) is 11.5 Å². The van der Waals surface area contributed by atoms with Crippen molar-refractivity contribution in [2.45, 2.75) is 13.8 Å². The molecule has 106 valence electrons. The minimum Gasteiger partial charge on any atom is -0.426 e. The lowest BCUT2D eigenvalue weighted by Crippen LogP contribution is -1.96. The Kier molecular flexibility index (Phi) is 4.36. The zero-order valence-electron chi connectivity index (χ0n) is 11.1. The lowest BCUT2D eigenvalue weighted by Gasteiger charge is -2.17. The van der Waals surface area contributed by atoms with Crippen LogP contribution >= 0.6 is 15.3 Å². The molecule has 0 atom stereocenters. The lowest BCUT2D eigenvalue weighted by molar-refractivity contribution is 0.221. The zero-order chi connectivity index (χ0) is 13.9. The predicted octanol–water partition coefficient (Wildman–Crippen LogP) is 4.30. The van der Waals surface area contributed by atoms with Gasteiger partial charge in [0.05, 0.1) is 13.2 Å². The molecule has 0 bridgehead atoms. The fourth-order valence-corrected chi connectivity index (χ4v) is 5.73. The van der Waals surface area contributed by atoms with Gasteiger partial charge in [-0.3, -0.25) is 9.05 Å². The summed E-state index contributed by atoms with van der Waals surface area (Å²) in [5, 5.41) is 0. The van der Waals surface area contributed by atoms with Crippen LogP contribution in [0.3, 0.4) is 0 Å². The normalized spacial score (nSPS) is 16.4. The summed E-state index contributed by atoms with van der Waals surface area (Å²) in [4.78, 5) is 0. The Morgan fingerprint density at radius 1 is 1.16 bits per heavy atom. The van der Waals surface area contributed by atoms with Crippen molar-refractivity contribution in [2.75, 3.05) is 19.9 Å². The molecule has 0 fully saturated rings. The van der Waals surface area contributed by atoms with Crippen LogP contribution in [0.25, 0.3) is 0 Å². The van der Waals surface area contributed by atoms with Gasteiger partial charge in [0.25, 0.3) is 0 Å². The first kappa shape index (κ1) is 14.6.